The van der Waals surface area contributed by atoms with Gasteiger partial charge in [0.25, 0.3) is 0 Å². The molecule has 9 heteroatoms. The third-order valence-electron chi connectivity index (χ3n) is 0.892. The zero-order valence-corrected chi connectivity index (χ0v) is 5.95. The van der Waals surface area contributed by atoms with Crippen LogP contribution in [-0.4, -0.2) is 17.4 Å². The van der Waals surface area contributed by atoms with E-state index in [2.05, 4.69) is 5.14 Å². The fourth-order valence-electron chi connectivity index (χ4n) is 0.294. The molecule has 2 N–H and O–H groups in total. The molecule has 0 aliphatic carbocycles. The van der Waals surface area contributed by atoms with Crippen LogP contribution in [0.5, 0.6) is 0 Å². The van der Waals surface area contributed by atoms with Gasteiger partial charge in [-0.3, -0.25) is 5.14 Å². The Morgan fingerprint density at radius 2 is 1.00 bits per heavy atom. The van der Waals surface area contributed by atoms with Crippen LogP contribution in [0, 0.1) is 0 Å². The Morgan fingerprint density at radius 3 is 1.00 bits per heavy atom. The summed E-state index contributed by atoms with van der Waals surface area (Å²) in [5.41, 5.74) is 0. The van der Waals surface area contributed by atoms with Crippen molar-refractivity contribution in [3.8, 4) is 0 Å². The van der Waals surface area contributed by atoms with E-state index in [0.717, 1.165) is 0 Å². The Balaban J connectivity index is 4.95. The van der Waals surface area contributed by atoms with Crippen molar-refractivity contribution in [2.24, 2.45) is 5.14 Å². The van der Waals surface area contributed by atoms with Gasteiger partial charge in [-0.1, -0.05) is 0 Å². The molecule has 1 nitrogen and oxygen atoms in total. The molecule has 0 aromatic heterocycles. The average Bonchev–Trinajstić information content (AvgIpc) is 1.81. The van der Waals surface area contributed by atoms with Crippen LogP contribution in [0.1, 0.15) is 0 Å². The van der Waals surface area contributed by atoms with E-state index in [-0.39, 0.29) is 0 Å². The predicted octanol–water partition coefficient (Wildman–Crippen LogP) is 2.38. The number of alkyl halides is 7. The minimum Gasteiger partial charge on any atom is -0.275 e. The highest BCUT2D eigenvalue weighted by Crippen LogP contribution is 2.51. The van der Waals surface area contributed by atoms with E-state index in [1.807, 2.05) is 0 Å². The van der Waals surface area contributed by atoms with Crippen molar-refractivity contribution in [2.75, 3.05) is 0 Å². The quantitative estimate of drug-likeness (QED) is 0.539. The first-order chi connectivity index (χ1) is 5.06. The van der Waals surface area contributed by atoms with Crippen molar-refractivity contribution in [3.63, 3.8) is 0 Å². The normalized spacial score (nSPS) is 15.0. The van der Waals surface area contributed by atoms with Crippen LogP contribution in [0.2, 0.25) is 0 Å². The first-order valence-electron chi connectivity index (χ1n) is 2.26. The van der Waals surface area contributed by atoms with Gasteiger partial charge in [-0.15, -0.1) is 0 Å². The van der Waals surface area contributed by atoms with Crippen molar-refractivity contribution in [2.45, 2.75) is 17.4 Å². The van der Waals surface area contributed by atoms with E-state index in [4.69, 9.17) is 0 Å². The molecule has 0 rings (SSSR count). The number of hydrogen-bond acceptors (Lipinski definition) is 2. The molecule has 0 saturated heterocycles. The van der Waals surface area contributed by atoms with Crippen molar-refractivity contribution >= 4 is 11.9 Å². The van der Waals surface area contributed by atoms with Crippen LogP contribution >= 0.6 is 11.9 Å². The molecule has 0 heterocycles. The third kappa shape index (κ3) is 1.76. The maximum absolute atomic E-state index is 12.1. The minimum atomic E-state index is -6.06. The number of rotatable bonds is 1. The molecule has 0 bridgehead atoms. The Labute approximate surface area is 66.2 Å². The second-order valence-electron chi connectivity index (χ2n) is 1.71. The number of hydrogen-bond donors (Lipinski definition) is 1. The van der Waals surface area contributed by atoms with Crippen LogP contribution in [-0.2, 0) is 0 Å². The van der Waals surface area contributed by atoms with Crippen molar-refractivity contribution < 1.29 is 30.7 Å². The lowest BCUT2D eigenvalue weighted by Gasteiger charge is -2.26. The van der Waals surface area contributed by atoms with E-state index in [9.17, 15) is 30.7 Å². The minimum absolute atomic E-state index is 1.43. The van der Waals surface area contributed by atoms with Crippen LogP contribution in [0.4, 0.5) is 30.7 Å². The van der Waals surface area contributed by atoms with Crippen molar-refractivity contribution in [1.29, 1.82) is 0 Å². The molecule has 0 aromatic carbocycles. The monoisotopic (exact) mass is 217 g/mol. The average molecular weight is 217 g/mol. The standard InChI is InChI=1S/C3H2F7NS/c4-1(12-11,2(5,6)7)3(8,9)10/h11H2. The zero-order chi connectivity index (χ0) is 10.2. The molecule has 0 aliphatic rings. The molecule has 0 radical (unpaired) electrons. The van der Waals surface area contributed by atoms with Crippen LogP contribution in [0.3, 0.4) is 0 Å². The Morgan fingerprint density at radius 1 is 0.750 bits per heavy atom. The van der Waals surface area contributed by atoms with E-state index in [1.165, 1.54) is 0 Å². The summed E-state index contributed by atoms with van der Waals surface area (Å²) in [5.74, 6) is 0. The second kappa shape index (κ2) is 2.95. The van der Waals surface area contributed by atoms with Crippen LogP contribution < -0.4 is 5.14 Å². The molecule has 12 heavy (non-hydrogen) atoms. The van der Waals surface area contributed by atoms with Crippen LogP contribution in [0.25, 0.3) is 0 Å². The van der Waals surface area contributed by atoms with Gasteiger partial charge in [0.2, 0.25) is 0 Å². The summed E-state index contributed by atoms with van der Waals surface area (Å²) in [6, 6.07) is 0. The smallest absolute Gasteiger partial charge is 0.275 e. The molecule has 0 unspecified atom stereocenters. The van der Waals surface area contributed by atoms with Gasteiger partial charge in [-0.2, -0.15) is 26.3 Å². The predicted molar refractivity (Wildman–Crippen MR) is 27.7 cm³/mol. The topological polar surface area (TPSA) is 26.0 Å². The second-order valence-corrected chi connectivity index (χ2v) is 2.51. The molecule has 0 aromatic rings. The van der Waals surface area contributed by atoms with Gasteiger partial charge < -0.3 is 0 Å². The molecule has 0 spiro atoms. The summed E-state index contributed by atoms with van der Waals surface area (Å²) in [4.78, 5) is 0. The summed E-state index contributed by atoms with van der Waals surface area (Å²) < 4.78 is 80.6. The fraction of sp³-hybridized carbons (Fsp3) is 1.00. The maximum atomic E-state index is 12.1. The molecule has 0 atom stereocenters. The van der Waals surface area contributed by atoms with Gasteiger partial charge in [-0.05, 0) is 11.9 Å². The Kier molecular flexibility index (Phi) is 2.90. The number of nitrogens with two attached hydrogens (primary N) is 1. The summed E-state index contributed by atoms with van der Waals surface area (Å²) in [6.07, 6.45) is -12.1. The van der Waals surface area contributed by atoms with Crippen molar-refractivity contribution in [1.82, 2.24) is 0 Å². The maximum Gasteiger partial charge on any atom is 0.442 e. The van der Waals surface area contributed by atoms with Gasteiger partial charge in [-0.25, -0.2) is 4.39 Å². The van der Waals surface area contributed by atoms with Gasteiger partial charge >= 0.3 is 17.4 Å². The van der Waals surface area contributed by atoms with Gasteiger partial charge in [0.15, 0.2) is 0 Å². The van der Waals surface area contributed by atoms with E-state index >= 15 is 0 Å². The highest BCUT2D eigenvalue weighted by molar-refractivity contribution is 7.98. The molecule has 74 valence electrons. The third-order valence-corrected chi connectivity index (χ3v) is 1.68. The Hall–Kier alpha value is -0.180. The fourth-order valence-corrected chi connectivity index (χ4v) is 0.562. The summed E-state index contributed by atoms with van der Waals surface area (Å²) in [5, 5.41) is -1.41. The summed E-state index contributed by atoms with van der Waals surface area (Å²) in [6.45, 7) is 0. The van der Waals surface area contributed by atoms with Crippen LogP contribution in [0.15, 0.2) is 0 Å². The Bertz CT molecular complexity index is 145. The highest BCUT2D eigenvalue weighted by Gasteiger charge is 2.73. The van der Waals surface area contributed by atoms with Gasteiger partial charge in [0, 0.05) is 0 Å². The first-order valence-corrected chi connectivity index (χ1v) is 3.14. The molecule has 0 aliphatic heterocycles. The highest BCUT2D eigenvalue weighted by atomic mass is 32.2. The summed E-state index contributed by atoms with van der Waals surface area (Å²) >= 11 is -1.43. The van der Waals surface area contributed by atoms with Gasteiger partial charge in [0.1, 0.15) is 0 Å². The molecule has 0 amide bonds. The lowest BCUT2D eigenvalue weighted by molar-refractivity contribution is -0.302. The lowest BCUT2D eigenvalue weighted by Crippen LogP contribution is -2.51. The molecule has 0 saturated carbocycles. The molecular formula is C3H2F7NS. The molecular weight excluding hydrogens is 215 g/mol. The van der Waals surface area contributed by atoms with Gasteiger partial charge in [0.05, 0.1) is 0 Å². The largest absolute Gasteiger partial charge is 0.442 e. The zero-order valence-electron chi connectivity index (χ0n) is 5.13. The molecule has 0 fully saturated rings. The first kappa shape index (κ1) is 11.8. The summed E-state index contributed by atoms with van der Waals surface area (Å²) in [7, 11) is 0. The number of halogens is 7. The SMILES string of the molecule is NSC(F)(C(F)(F)F)C(F)(F)F. The van der Waals surface area contributed by atoms with Crippen molar-refractivity contribution in [3.05, 3.63) is 0 Å². The van der Waals surface area contributed by atoms with E-state index in [1.54, 1.807) is 0 Å². The van der Waals surface area contributed by atoms with E-state index in [0.29, 0.717) is 0 Å². The lowest BCUT2D eigenvalue weighted by atomic mass is 10.3. The van der Waals surface area contributed by atoms with E-state index < -0.39 is 29.3 Å².